The lowest BCUT2D eigenvalue weighted by Crippen LogP contribution is -2.33. The number of amidine groups is 1. The van der Waals surface area contributed by atoms with Gasteiger partial charge in [-0.05, 0) is 83.1 Å². The molecule has 1 N–H and O–H groups in total. The molecule has 2 aromatic heterocycles. The average Bonchev–Trinajstić information content (AvgIpc) is 3.94. The van der Waals surface area contributed by atoms with Crippen LogP contribution >= 0.6 is 0 Å². The highest BCUT2D eigenvalue weighted by Crippen LogP contribution is 2.45. The Bertz CT molecular complexity index is 3190. The molecule has 0 radical (unpaired) electrons. The first-order chi connectivity index (χ1) is 28.7. The van der Waals surface area contributed by atoms with Crippen molar-refractivity contribution < 1.29 is 4.74 Å². The van der Waals surface area contributed by atoms with Crippen LogP contribution in [-0.2, 0) is 4.74 Å². The predicted octanol–water partition coefficient (Wildman–Crippen LogP) is 12.4. The monoisotopic (exact) mass is 748 g/mol. The molecule has 2 aliphatic heterocycles. The second-order valence-electron chi connectivity index (χ2n) is 15.9. The molecule has 6 aromatic carbocycles. The van der Waals surface area contributed by atoms with Gasteiger partial charge in [0.2, 0.25) is 0 Å². The Morgan fingerprint density at radius 3 is 2.21 bits per heavy atom. The van der Waals surface area contributed by atoms with E-state index in [4.69, 9.17) is 9.73 Å². The normalized spacial score (nSPS) is 21.0. The summed E-state index contributed by atoms with van der Waals surface area (Å²) in [5.41, 5.74) is 13.0. The van der Waals surface area contributed by atoms with Crippen molar-refractivity contribution in [3.05, 3.63) is 205 Å². The quantitative estimate of drug-likeness (QED) is 0.190. The van der Waals surface area contributed by atoms with Crippen molar-refractivity contribution in [3.8, 4) is 16.8 Å². The van der Waals surface area contributed by atoms with Crippen molar-refractivity contribution in [1.29, 1.82) is 0 Å². The summed E-state index contributed by atoms with van der Waals surface area (Å²) in [5, 5.41) is 8.60. The van der Waals surface area contributed by atoms with E-state index in [1.807, 2.05) is 6.07 Å². The lowest BCUT2D eigenvalue weighted by molar-refractivity contribution is 0.143. The molecule has 0 bridgehead atoms. The molecule has 5 heteroatoms. The Kier molecular flexibility index (Phi) is 7.39. The number of aliphatic imine (C=N–C) groups is 1. The summed E-state index contributed by atoms with van der Waals surface area (Å²) in [6.45, 7) is 2.32. The molecule has 5 nitrogen and oxygen atoms in total. The third-order valence-corrected chi connectivity index (χ3v) is 12.6. The molecule has 4 atom stereocenters. The minimum absolute atomic E-state index is 0.0620. The molecule has 12 rings (SSSR count). The van der Waals surface area contributed by atoms with Crippen molar-refractivity contribution in [3.63, 3.8) is 0 Å². The maximum absolute atomic E-state index is 6.78. The number of nitrogens with zero attached hydrogens (tertiary/aromatic N) is 3. The minimum atomic E-state index is -0.377. The van der Waals surface area contributed by atoms with E-state index in [1.165, 1.54) is 60.5 Å². The van der Waals surface area contributed by atoms with Crippen LogP contribution in [0.15, 0.2) is 199 Å². The fourth-order valence-electron chi connectivity index (χ4n) is 9.76. The zero-order chi connectivity index (χ0) is 38.3. The highest BCUT2D eigenvalue weighted by atomic mass is 16.5. The van der Waals surface area contributed by atoms with Gasteiger partial charge in [0.25, 0.3) is 0 Å². The number of para-hydroxylation sites is 2. The number of aromatic nitrogens is 2. The van der Waals surface area contributed by atoms with Gasteiger partial charge in [-0.1, -0.05) is 140 Å². The molecule has 278 valence electrons. The van der Waals surface area contributed by atoms with Gasteiger partial charge in [0, 0.05) is 32.8 Å². The molecule has 58 heavy (non-hydrogen) atoms. The molecule has 2 aliphatic carbocycles. The van der Waals surface area contributed by atoms with Gasteiger partial charge in [0.1, 0.15) is 11.9 Å². The molecular weight excluding hydrogens is 709 g/mol. The molecule has 4 heterocycles. The van der Waals surface area contributed by atoms with Crippen molar-refractivity contribution in [2.75, 3.05) is 0 Å². The van der Waals surface area contributed by atoms with Gasteiger partial charge in [-0.2, -0.15) is 0 Å². The summed E-state index contributed by atoms with van der Waals surface area (Å²) in [6.07, 6.45) is 16.0. The van der Waals surface area contributed by atoms with Gasteiger partial charge in [-0.15, -0.1) is 0 Å². The number of hydrogen-bond donors (Lipinski definition) is 1. The van der Waals surface area contributed by atoms with Crippen molar-refractivity contribution in [1.82, 2.24) is 14.5 Å². The van der Waals surface area contributed by atoms with Gasteiger partial charge in [-0.3, -0.25) is 0 Å². The number of allylic oxidation sites excluding steroid dienone is 6. The smallest absolute Gasteiger partial charge is 0.187 e. The summed E-state index contributed by atoms with van der Waals surface area (Å²) in [4.78, 5) is 5.44. The van der Waals surface area contributed by atoms with Crippen LogP contribution in [0.1, 0.15) is 30.6 Å². The van der Waals surface area contributed by atoms with Gasteiger partial charge in [0.15, 0.2) is 11.9 Å². The SMILES string of the molecule is CC1CC=CC=C1c1cccc(-n2c3ccccc3c3ccc(-c4ccc5c(c4)c4ccccc4n5C4N=C(c5ccccc5)NC5=C4OC4C=CC=CC54)cc32)c1. The Labute approximate surface area is 336 Å². The summed E-state index contributed by atoms with van der Waals surface area (Å²) >= 11 is 0. The zero-order valence-corrected chi connectivity index (χ0v) is 32.1. The summed E-state index contributed by atoms with van der Waals surface area (Å²) in [6, 6.07) is 50.9. The lowest BCUT2D eigenvalue weighted by atomic mass is 9.88. The largest absolute Gasteiger partial charge is 0.483 e. The molecule has 4 aliphatic rings. The van der Waals surface area contributed by atoms with Crippen LogP contribution in [0.2, 0.25) is 0 Å². The van der Waals surface area contributed by atoms with Crippen LogP contribution in [0.5, 0.6) is 0 Å². The fraction of sp³-hybridized carbons (Fsp3) is 0.113. The molecule has 0 saturated heterocycles. The van der Waals surface area contributed by atoms with E-state index in [-0.39, 0.29) is 18.2 Å². The third kappa shape index (κ3) is 5.06. The summed E-state index contributed by atoms with van der Waals surface area (Å²) in [5.74, 6) is 2.33. The third-order valence-electron chi connectivity index (χ3n) is 12.6. The number of fused-ring (bicyclic) bond motifs is 8. The second kappa shape index (κ2) is 13.0. The number of rotatable bonds is 5. The Hall–Kier alpha value is -7.11. The minimum Gasteiger partial charge on any atom is -0.483 e. The second-order valence-corrected chi connectivity index (χ2v) is 15.9. The molecule has 0 fully saturated rings. The van der Waals surface area contributed by atoms with E-state index in [2.05, 4.69) is 197 Å². The van der Waals surface area contributed by atoms with E-state index in [0.717, 1.165) is 40.3 Å². The molecule has 4 unspecified atom stereocenters. The van der Waals surface area contributed by atoms with Crippen LogP contribution in [0.25, 0.3) is 66.0 Å². The highest BCUT2D eigenvalue weighted by Gasteiger charge is 2.42. The fourth-order valence-corrected chi connectivity index (χ4v) is 9.76. The molecule has 0 spiro atoms. The molecule has 0 amide bonds. The van der Waals surface area contributed by atoms with Gasteiger partial charge in [-0.25, -0.2) is 4.99 Å². The Morgan fingerprint density at radius 1 is 0.603 bits per heavy atom. The van der Waals surface area contributed by atoms with E-state index in [1.54, 1.807) is 0 Å². The number of hydrogen-bond acceptors (Lipinski definition) is 3. The van der Waals surface area contributed by atoms with E-state index in [0.29, 0.717) is 5.92 Å². The van der Waals surface area contributed by atoms with Crippen molar-refractivity contribution >= 4 is 55.0 Å². The summed E-state index contributed by atoms with van der Waals surface area (Å²) < 4.78 is 11.6. The van der Waals surface area contributed by atoms with Crippen molar-refractivity contribution in [2.24, 2.45) is 16.8 Å². The zero-order valence-electron chi connectivity index (χ0n) is 32.1. The maximum Gasteiger partial charge on any atom is 0.187 e. The van der Waals surface area contributed by atoms with Gasteiger partial charge >= 0.3 is 0 Å². The number of benzene rings is 6. The predicted molar refractivity (Wildman–Crippen MR) is 239 cm³/mol. The van der Waals surface area contributed by atoms with Crippen LogP contribution in [0.4, 0.5) is 0 Å². The average molecular weight is 749 g/mol. The van der Waals surface area contributed by atoms with Gasteiger partial charge in [0.05, 0.1) is 33.7 Å². The maximum atomic E-state index is 6.78. The molecule has 0 saturated carbocycles. The van der Waals surface area contributed by atoms with Crippen LogP contribution in [0.3, 0.4) is 0 Å². The number of nitrogens with one attached hydrogen (secondary N) is 1. The lowest BCUT2D eigenvalue weighted by Gasteiger charge is -2.26. The van der Waals surface area contributed by atoms with Crippen molar-refractivity contribution in [2.45, 2.75) is 25.6 Å². The summed E-state index contributed by atoms with van der Waals surface area (Å²) in [7, 11) is 0. The van der Waals surface area contributed by atoms with Crippen LogP contribution in [0, 0.1) is 11.8 Å². The standard InChI is InChI=1S/C53H40N4O/c1-33-14-5-6-19-39(33)37-17-13-18-38(30-37)56-45-23-10-7-20-40(45)42-28-26-36(32-48(42)56)35-27-29-47-44(31-35)41-21-8-11-24-46(41)57(47)53-51-50(43-22-9-12-25-49(43)58-51)54-52(55-53)34-15-3-2-4-16-34/h2-13,15-33,43,49,53H,14H2,1H3,(H,54,55). The highest BCUT2D eigenvalue weighted by molar-refractivity contribution is 6.12. The first-order valence-corrected chi connectivity index (χ1v) is 20.4. The van der Waals surface area contributed by atoms with Crippen LogP contribution < -0.4 is 5.32 Å². The Balaban J connectivity index is 1.02. The van der Waals surface area contributed by atoms with E-state index < -0.39 is 0 Å². The van der Waals surface area contributed by atoms with Gasteiger partial charge < -0.3 is 19.2 Å². The number of ether oxygens (including phenoxy) is 1. The molecular formula is C53H40N4O. The van der Waals surface area contributed by atoms with Crippen LogP contribution in [-0.4, -0.2) is 21.1 Å². The van der Waals surface area contributed by atoms with E-state index >= 15 is 0 Å². The Morgan fingerprint density at radius 2 is 1.33 bits per heavy atom. The van der Waals surface area contributed by atoms with E-state index in [9.17, 15) is 0 Å². The topological polar surface area (TPSA) is 43.5 Å². The first-order valence-electron chi connectivity index (χ1n) is 20.4. The first kappa shape index (κ1) is 33.1. The molecule has 8 aromatic rings.